The minimum Gasteiger partial charge on any atom is -0.0654 e. The summed E-state index contributed by atoms with van der Waals surface area (Å²) in [6.07, 6.45) is 8.96. The van der Waals surface area contributed by atoms with Crippen molar-refractivity contribution in [3.63, 3.8) is 0 Å². The maximum atomic E-state index is 2.65. The molecule has 1 saturated carbocycles. The van der Waals surface area contributed by atoms with Gasteiger partial charge in [0.1, 0.15) is 0 Å². The Hall–Kier alpha value is 1.16. The van der Waals surface area contributed by atoms with E-state index in [-0.39, 0.29) is 0 Å². The third-order valence-corrected chi connectivity index (χ3v) is 6.90. The molecule has 0 N–H and O–H groups in total. The van der Waals surface area contributed by atoms with Gasteiger partial charge >= 0.3 is 0 Å². The molecule has 0 aromatic heterocycles. The van der Waals surface area contributed by atoms with Gasteiger partial charge in [-0.3, -0.25) is 0 Å². The summed E-state index contributed by atoms with van der Waals surface area (Å²) in [5.74, 6) is 1.08. The number of rotatable bonds is 3. The quantitative estimate of drug-likeness (QED) is 0.518. The largest absolute Gasteiger partial charge is 0.0654 e. The summed E-state index contributed by atoms with van der Waals surface area (Å²) >= 11 is 2.65. The molecule has 0 aromatic rings. The van der Waals surface area contributed by atoms with Gasteiger partial charge in [0.25, 0.3) is 0 Å². The van der Waals surface area contributed by atoms with E-state index in [0.29, 0.717) is 5.56 Å². The molecule has 1 fully saturated rings. The van der Waals surface area contributed by atoms with Crippen LogP contribution in [-0.2, 0) is 0 Å². The van der Waals surface area contributed by atoms with Gasteiger partial charge in [0.2, 0.25) is 0 Å². The Morgan fingerprint density at radius 2 is 1.83 bits per heavy atom. The summed E-state index contributed by atoms with van der Waals surface area (Å²) in [5.41, 5.74) is 1.41. The van der Waals surface area contributed by atoms with E-state index >= 15 is 0 Å². The zero-order valence-electron chi connectivity index (χ0n) is 8.22. The summed E-state index contributed by atoms with van der Waals surface area (Å²) in [7, 11) is 0. The van der Waals surface area contributed by atoms with Gasteiger partial charge in [0.15, 0.2) is 0 Å². The highest BCUT2D eigenvalue weighted by molar-refractivity contribution is 14.2. The number of hydrogen-bond acceptors (Lipinski definition) is 0. The molecule has 1 aliphatic rings. The van der Waals surface area contributed by atoms with Crippen LogP contribution in [0.4, 0.5) is 0 Å². The average Bonchev–Trinajstić information content (AvgIpc) is 2.06. The first-order chi connectivity index (χ1) is 5.74. The second-order valence-electron chi connectivity index (χ2n) is 3.99. The lowest BCUT2D eigenvalue weighted by Crippen LogP contribution is -2.16. The molecular weight excluding hydrogens is 278 g/mol. The molecule has 0 aliphatic heterocycles. The first kappa shape index (κ1) is 11.2. The van der Waals surface area contributed by atoms with Crippen molar-refractivity contribution in [2.24, 2.45) is 5.92 Å². The standard InChI is InChI=1S/C10H20IP/c1-3-4-9-5-7-10(8-6-9)12(2)11/h9-10H,3-8H2,1-2H3. The molecule has 0 nitrogen and oxygen atoms in total. The molecule has 1 atom stereocenters. The Kier molecular flexibility index (Phi) is 5.43. The molecule has 0 amide bonds. The molecule has 0 aromatic carbocycles. The fourth-order valence-electron chi connectivity index (χ4n) is 2.20. The van der Waals surface area contributed by atoms with Gasteiger partial charge in [-0.25, -0.2) is 0 Å². The minimum absolute atomic E-state index is 0.323. The molecule has 1 rings (SSSR count). The van der Waals surface area contributed by atoms with E-state index in [4.69, 9.17) is 0 Å². The lowest BCUT2D eigenvalue weighted by Gasteiger charge is -2.29. The van der Waals surface area contributed by atoms with Crippen LogP contribution in [0, 0.1) is 5.92 Å². The van der Waals surface area contributed by atoms with Crippen LogP contribution in [0.3, 0.4) is 0 Å². The molecule has 1 unspecified atom stereocenters. The topological polar surface area (TPSA) is 0 Å². The highest BCUT2D eigenvalue weighted by Gasteiger charge is 2.22. The lowest BCUT2D eigenvalue weighted by molar-refractivity contribution is 0.341. The van der Waals surface area contributed by atoms with Crippen molar-refractivity contribution in [3.8, 4) is 0 Å². The van der Waals surface area contributed by atoms with Crippen molar-refractivity contribution in [2.45, 2.75) is 51.1 Å². The van der Waals surface area contributed by atoms with Crippen LogP contribution >= 0.6 is 27.6 Å². The van der Waals surface area contributed by atoms with Crippen molar-refractivity contribution in [3.05, 3.63) is 0 Å². The predicted molar refractivity (Wildman–Crippen MR) is 67.5 cm³/mol. The SMILES string of the molecule is CCCC1CCC(P(C)I)CC1. The van der Waals surface area contributed by atoms with Crippen LogP contribution in [0.15, 0.2) is 0 Å². The molecule has 0 spiro atoms. The van der Waals surface area contributed by atoms with E-state index in [1.807, 2.05) is 0 Å². The highest BCUT2D eigenvalue weighted by Crippen LogP contribution is 2.52. The Balaban J connectivity index is 2.20. The maximum Gasteiger partial charge on any atom is -0.0121 e. The van der Waals surface area contributed by atoms with Crippen molar-refractivity contribution in [2.75, 3.05) is 6.66 Å². The van der Waals surface area contributed by atoms with Gasteiger partial charge in [0.05, 0.1) is 0 Å². The van der Waals surface area contributed by atoms with Crippen LogP contribution in [0.25, 0.3) is 0 Å². The van der Waals surface area contributed by atoms with E-state index in [9.17, 15) is 0 Å². The fraction of sp³-hybridized carbons (Fsp3) is 1.00. The van der Waals surface area contributed by atoms with Gasteiger partial charge in [-0.1, -0.05) is 41.8 Å². The average molecular weight is 298 g/mol. The van der Waals surface area contributed by atoms with E-state index in [1.165, 1.54) is 38.5 Å². The third kappa shape index (κ3) is 3.49. The molecule has 72 valence electrons. The zero-order valence-corrected chi connectivity index (χ0v) is 11.3. The molecule has 0 bridgehead atoms. The van der Waals surface area contributed by atoms with E-state index < -0.39 is 0 Å². The van der Waals surface area contributed by atoms with Crippen LogP contribution in [0.5, 0.6) is 0 Å². The summed E-state index contributed by atoms with van der Waals surface area (Å²) in [6.45, 7) is 4.75. The Morgan fingerprint density at radius 3 is 2.25 bits per heavy atom. The minimum atomic E-state index is 0.323. The van der Waals surface area contributed by atoms with Crippen molar-refractivity contribution >= 4 is 27.6 Å². The fourth-order valence-corrected chi connectivity index (χ4v) is 4.88. The molecule has 0 saturated heterocycles. The summed E-state index contributed by atoms with van der Waals surface area (Å²) in [6, 6.07) is 0. The normalized spacial score (nSPS) is 33.2. The second kappa shape index (κ2) is 5.80. The lowest BCUT2D eigenvalue weighted by atomic mass is 9.86. The van der Waals surface area contributed by atoms with Crippen LogP contribution in [0.1, 0.15) is 45.4 Å². The number of halogens is 1. The second-order valence-corrected chi connectivity index (χ2v) is 10.3. The molecule has 0 radical (unpaired) electrons. The Labute approximate surface area is 91.1 Å². The van der Waals surface area contributed by atoms with E-state index in [0.717, 1.165) is 11.6 Å². The highest BCUT2D eigenvalue weighted by atomic mass is 127. The Morgan fingerprint density at radius 1 is 1.25 bits per heavy atom. The molecule has 1 aliphatic carbocycles. The van der Waals surface area contributed by atoms with Gasteiger partial charge in [-0.15, -0.1) is 0 Å². The number of hydrogen-bond donors (Lipinski definition) is 0. The van der Waals surface area contributed by atoms with Gasteiger partial charge < -0.3 is 0 Å². The first-order valence-corrected chi connectivity index (χ1v) is 9.77. The summed E-state index contributed by atoms with van der Waals surface area (Å²) < 4.78 is 0. The molecule has 2 heteroatoms. The molecule has 12 heavy (non-hydrogen) atoms. The van der Waals surface area contributed by atoms with Crippen molar-refractivity contribution < 1.29 is 0 Å². The van der Waals surface area contributed by atoms with Gasteiger partial charge in [-0.2, -0.15) is 0 Å². The van der Waals surface area contributed by atoms with E-state index in [2.05, 4.69) is 35.6 Å². The van der Waals surface area contributed by atoms with Crippen LogP contribution in [0.2, 0.25) is 0 Å². The first-order valence-electron chi connectivity index (χ1n) is 5.12. The molecule has 0 heterocycles. The summed E-state index contributed by atoms with van der Waals surface area (Å²) in [4.78, 5) is 0. The van der Waals surface area contributed by atoms with Crippen LogP contribution in [-0.4, -0.2) is 12.3 Å². The Bertz CT molecular complexity index is 117. The predicted octanol–water partition coefficient (Wildman–Crippen LogP) is 4.81. The maximum absolute atomic E-state index is 2.65. The third-order valence-electron chi connectivity index (χ3n) is 3.02. The monoisotopic (exact) mass is 298 g/mol. The van der Waals surface area contributed by atoms with Crippen LogP contribution < -0.4 is 0 Å². The van der Waals surface area contributed by atoms with E-state index in [1.54, 1.807) is 0 Å². The van der Waals surface area contributed by atoms with Gasteiger partial charge in [-0.05, 0) is 49.5 Å². The molecular formula is C10H20IP. The smallest absolute Gasteiger partial charge is 0.0121 e. The summed E-state index contributed by atoms with van der Waals surface area (Å²) in [5, 5.41) is 0. The zero-order chi connectivity index (χ0) is 8.97. The van der Waals surface area contributed by atoms with Crippen molar-refractivity contribution in [1.82, 2.24) is 0 Å². The van der Waals surface area contributed by atoms with Gasteiger partial charge in [0, 0.05) is 0 Å². The van der Waals surface area contributed by atoms with Crippen molar-refractivity contribution in [1.29, 1.82) is 0 Å².